The number of ether oxygens (including phenoxy) is 2. The minimum atomic E-state index is -0.151. The van der Waals surface area contributed by atoms with Gasteiger partial charge in [-0.15, -0.1) is 0 Å². The molecule has 0 fully saturated rings. The summed E-state index contributed by atoms with van der Waals surface area (Å²) in [4.78, 5) is 0. The lowest BCUT2D eigenvalue weighted by molar-refractivity contribution is -0.0765. The van der Waals surface area contributed by atoms with Gasteiger partial charge in [0.2, 0.25) is 0 Å². The molecule has 2 heteroatoms. The maximum Gasteiger partial charge on any atom is 0.179 e. The highest BCUT2D eigenvalue weighted by molar-refractivity contribution is 5.04. The van der Waals surface area contributed by atoms with Crippen LogP contribution in [0.1, 0.15) is 33.1 Å². The minimum Gasteiger partial charge on any atom is -0.352 e. The highest BCUT2D eigenvalue weighted by atomic mass is 16.7. The number of unbranched alkanes of at least 4 members (excludes halogenated alkanes) is 1. The van der Waals surface area contributed by atoms with E-state index in [0.717, 1.165) is 12.8 Å². The van der Waals surface area contributed by atoms with Crippen LogP contribution in [0, 0.1) is 0 Å². The molecule has 0 aromatic rings. The van der Waals surface area contributed by atoms with Crippen LogP contribution in [0.4, 0.5) is 0 Å². The van der Waals surface area contributed by atoms with Crippen LogP contribution < -0.4 is 0 Å². The van der Waals surface area contributed by atoms with Crippen LogP contribution in [0.25, 0.3) is 0 Å². The molecule has 0 aromatic carbocycles. The lowest BCUT2D eigenvalue weighted by Crippen LogP contribution is -2.15. The van der Waals surface area contributed by atoms with Crippen molar-refractivity contribution in [2.75, 3.05) is 14.2 Å². The van der Waals surface area contributed by atoms with Crippen LogP contribution in [0.2, 0.25) is 0 Å². The van der Waals surface area contributed by atoms with E-state index in [1.807, 2.05) is 0 Å². The lowest BCUT2D eigenvalue weighted by atomic mass is 10.1. The summed E-state index contributed by atoms with van der Waals surface area (Å²) in [6.45, 7) is 4.28. The number of hydrogen-bond donors (Lipinski definition) is 0. The largest absolute Gasteiger partial charge is 0.352 e. The normalized spacial score (nSPS) is 12.6. The molecule has 0 unspecified atom stereocenters. The number of methoxy groups -OCH3 is 2. The molecule has 0 saturated carbocycles. The van der Waals surface area contributed by atoms with E-state index in [4.69, 9.17) is 9.47 Å². The fraction of sp³-hybridized carbons (Fsp3) is 0.800. The van der Waals surface area contributed by atoms with Gasteiger partial charge in [0.25, 0.3) is 0 Å². The van der Waals surface area contributed by atoms with E-state index in [9.17, 15) is 0 Å². The molecule has 0 rings (SSSR count). The molecule has 0 aliphatic heterocycles. The van der Waals surface area contributed by atoms with Crippen LogP contribution in [0.5, 0.6) is 0 Å². The van der Waals surface area contributed by atoms with E-state index >= 15 is 0 Å². The van der Waals surface area contributed by atoms with Gasteiger partial charge in [-0.2, -0.15) is 0 Å². The fourth-order valence-corrected chi connectivity index (χ4v) is 1.14. The molecular weight excluding hydrogens is 152 g/mol. The van der Waals surface area contributed by atoms with E-state index in [1.165, 1.54) is 12.0 Å². The fourth-order valence-electron chi connectivity index (χ4n) is 1.14. The van der Waals surface area contributed by atoms with Gasteiger partial charge in [-0.05, 0) is 18.4 Å². The van der Waals surface area contributed by atoms with E-state index in [0.29, 0.717) is 0 Å². The quantitative estimate of drug-likeness (QED) is 0.453. The molecule has 0 heterocycles. The SMILES string of the molecule is CCCC=C(CC)C(OC)OC. The van der Waals surface area contributed by atoms with Crippen molar-refractivity contribution in [2.24, 2.45) is 0 Å². The van der Waals surface area contributed by atoms with Crippen LogP contribution >= 0.6 is 0 Å². The molecule has 2 nitrogen and oxygen atoms in total. The summed E-state index contributed by atoms with van der Waals surface area (Å²) < 4.78 is 10.3. The zero-order chi connectivity index (χ0) is 9.40. The van der Waals surface area contributed by atoms with Gasteiger partial charge in [0.15, 0.2) is 6.29 Å². The standard InChI is InChI=1S/C10H20O2/c1-5-7-8-9(6-2)10(11-3)12-4/h8,10H,5-7H2,1-4H3. The van der Waals surface area contributed by atoms with E-state index in [2.05, 4.69) is 19.9 Å². The van der Waals surface area contributed by atoms with Crippen molar-refractivity contribution in [3.63, 3.8) is 0 Å². The van der Waals surface area contributed by atoms with Crippen molar-refractivity contribution < 1.29 is 9.47 Å². The molecule has 0 N–H and O–H groups in total. The first-order valence-electron chi connectivity index (χ1n) is 4.54. The Balaban J connectivity index is 4.09. The Hall–Kier alpha value is -0.340. The molecule has 0 bridgehead atoms. The highest BCUT2D eigenvalue weighted by Crippen LogP contribution is 2.12. The monoisotopic (exact) mass is 172 g/mol. The molecule has 0 aliphatic rings. The van der Waals surface area contributed by atoms with Crippen molar-refractivity contribution in [3.05, 3.63) is 11.6 Å². The molecular formula is C10H20O2. The summed E-state index contributed by atoms with van der Waals surface area (Å²) >= 11 is 0. The van der Waals surface area contributed by atoms with Crippen LogP contribution in [-0.2, 0) is 9.47 Å². The van der Waals surface area contributed by atoms with Crippen LogP contribution in [0.3, 0.4) is 0 Å². The summed E-state index contributed by atoms with van der Waals surface area (Å²) in [6.07, 6.45) is 5.32. The summed E-state index contributed by atoms with van der Waals surface area (Å²) in [6, 6.07) is 0. The lowest BCUT2D eigenvalue weighted by Gasteiger charge is -2.15. The summed E-state index contributed by atoms with van der Waals surface area (Å²) in [7, 11) is 3.34. The summed E-state index contributed by atoms with van der Waals surface area (Å²) in [5.41, 5.74) is 1.24. The average molecular weight is 172 g/mol. The Kier molecular flexibility index (Phi) is 7.11. The third-order valence-corrected chi connectivity index (χ3v) is 1.83. The zero-order valence-corrected chi connectivity index (χ0v) is 8.59. The van der Waals surface area contributed by atoms with Crippen molar-refractivity contribution >= 4 is 0 Å². The minimum absolute atomic E-state index is 0.151. The van der Waals surface area contributed by atoms with Gasteiger partial charge in [-0.1, -0.05) is 26.3 Å². The topological polar surface area (TPSA) is 18.5 Å². The third-order valence-electron chi connectivity index (χ3n) is 1.83. The Morgan fingerprint density at radius 2 is 1.83 bits per heavy atom. The van der Waals surface area contributed by atoms with Crippen molar-refractivity contribution in [1.82, 2.24) is 0 Å². The molecule has 0 radical (unpaired) electrons. The Morgan fingerprint density at radius 1 is 1.25 bits per heavy atom. The number of hydrogen-bond acceptors (Lipinski definition) is 2. The third kappa shape index (κ3) is 3.88. The first-order valence-corrected chi connectivity index (χ1v) is 4.54. The molecule has 0 aliphatic carbocycles. The molecule has 12 heavy (non-hydrogen) atoms. The molecule has 0 spiro atoms. The Labute approximate surface area is 75.6 Å². The number of rotatable bonds is 6. The van der Waals surface area contributed by atoms with Gasteiger partial charge < -0.3 is 9.47 Å². The van der Waals surface area contributed by atoms with Crippen molar-refractivity contribution in [2.45, 2.75) is 39.4 Å². The van der Waals surface area contributed by atoms with Gasteiger partial charge in [0.05, 0.1) is 0 Å². The molecule has 72 valence electrons. The van der Waals surface area contributed by atoms with Crippen molar-refractivity contribution in [3.8, 4) is 0 Å². The Morgan fingerprint density at radius 3 is 2.17 bits per heavy atom. The van der Waals surface area contributed by atoms with Crippen LogP contribution in [0.15, 0.2) is 11.6 Å². The first kappa shape index (κ1) is 11.7. The van der Waals surface area contributed by atoms with Crippen molar-refractivity contribution in [1.29, 1.82) is 0 Å². The van der Waals surface area contributed by atoms with Gasteiger partial charge in [0, 0.05) is 14.2 Å². The van der Waals surface area contributed by atoms with Gasteiger partial charge >= 0.3 is 0 Å². The molecule has 0 atom stereocenters. The second kappa shape index (κ2) is 7.32. The predicted octanol–water partition coefficient (Wildman–Crippen LogP) is 2.74. The maximum atomic E-state index is 5.16. The smallest absolute Gasteiger partial charge is 0.179 e. The van der Waals surface area contributed by atoms with Crippen LogP contribution in [-0.4, -0.2) is 20.5 Å². The van der Waals surface area contributed by atoms with E-state index < -0.39 is 0 Å². The number of allylic oxidation sites excluding steroid dienone is 1. The molecule has 0 aromatic heterocycles. The summed E-state index contributed by atoms with van der Waals surface area (Å²) in [5.74, 6) is 0. The first-order chi connectivity index (χ1) is 5.79. The molecule has 0 saturated heterocycles. The summed E-state index contributed by atoms with van der Waals surface area (Å²) in [5, 5.41) is 0. The van der Waals surface area contributed by atoms with E-state index in [-0.39, 0.29) is 6.29 Å². The van der Waals surface area contributed by atoms with E-state index in [1.54, 1.807) is 14.2 Å². The highest BCUT2D eigenvalue weighted by Gasteiger charge is 2.08. The predicted molar refractivity (Wildman–Crippen MR) is 51.1 cm³/mol. The average Bonchev–Trinajstić information content (AvgIpc) is 2.12. The van der Waals surface area contributed by atoms with Gasteiger partial charge in [0.1, 0.15) is 0 Å². The zero-order valence-electron chi connectivity index (χ0n) is 8.59. The van der Waals surface area contributed by atoms with Gasteiger partial charge in [-0.25, -0.2) is 0 Å². The second-order valence-electron chi connectivity index (χ2n) is 2.72. The second-order valence-corrected chi connectivity index (χ2v) is 2.72. The molecule has 0 amide bonds. The maximum absolute atomic E-state index is 5.16. The Bertz CT molecular complexity index is 126. The van der Waals surface area contributed by atoms with Gasteiger partial charge in [-0.3, -0.25) is 0 Å².